The summed E-state index contributed by atoms with van der Waals surface area (Å²) in [6.45, 7) is 1.59. The minimum atomic E-state index is -0.514. The molecule has 0 spiro atoms. The molecule has 0 aliphatic heterocycles. The van der Waals surface area contributed by atoms with Gasteiger partial charge in [0.1, 0.15) is 11.6 Å². The van der Waals surface area contributed by atoms with Gasteiger partial charge in [0.05, 0.1) is 0 Å². The van der Waals surface area contributed by atoms with Crippen molar-refractivity contribution in [1.82, 2.24) is 5.32 Å². The summed E-state index contributed by atoms with van der Waals surface area (Å²) in [5, 5.41) is 3.28. The lowest BCUT2D eigenvalue weighted by atomic mass is 10.1. The van der Waals surface area contributed by atoms with Crippen molar-refractivity contribution in [2.75, 3.05) is 18.8 Å². The molecule has 0 amide bonds. The molecular formula is C16H17F2NS. The standard InChI is InChI=1S/C16H17F2NS/c17-14-10-13(11-15(18)12-14)6-7-19-8-9-20-16-4-2-1-3-5-16/h1-5,10-12,19H,6-9H2. The Hall–Kier alpha value is -1.39. The van der Waals surface area contributed by atoms with Crippen LogP contribution in [0.25, 0.3) is 0 Å². The molecule has 0 aromatic heterocycles. The number of rotatable bonds is 7. The quantitative estimate of drug-likeness (QED) is 0.614. The van der Waals surface area contributed by atoms with Crippen LogP contribution in [0.1, 0.15) is 5.56 Å². The van der Waals surface area contributed by atoms with Gasteiger partial charge in [-0.05, 0) is 42.8 Å². The molecule has 106 valence electrons. The van der Waals surface area contributed by atoms with E-state index in [9.17, 15) is 8.78 Å². The van der Waals surface area contributed by atoms with Crippen molar-refractivity contribution in [1.29, 1.82) is 0 Å². The normalized spacial score (nSPS) is 10.7. The number of nitrogens with one attached hydrogen (secondary N) is 1. The molecule has 0 saturated heterocycles. The van der Waals surface area contributed by atoms with Crippen LogP contribution in [0.3, 0.4) is 0 Å². The van der Waals surface area contributed by atoms with Crippen molar-refractivity contribution >= 4 is 11.8 Å². The molecule has 0 bridgehead atoms. The molecular weight excluding hydrogens is 276 g/mol. The van der Waals surface area contributed by atoms with E-state index in [1.54, 1.807) is 11.8 Å². The van der Waals surface area contributed by atoms with E-state index < -0.39 is 11.6 Å². The minimum absolute atomic E-state index is 0.514. The highest BCUT2D eigenvalue weighted by atomic mass is 32.2. The molecule has 2 aromatic rings. The van der Waals surface area contributed by atoms with Gasteiger partial charge in [-0.3, -0.25) is 0 Å². The van der Waals surface area contributed by atoms with Crippen molar-refractivity contribution < 1.29 is 8.78 Å². The van der Waals surface area contributed by atoms with Crippen molar-refractivity contribution in [2.45, 2.75) is 11.3 Å². The van der Waals surface area contributed by atoms with Gasteiger partial charge >= 0.3 is 0 Å². The van der Waals surface area contributed by atoms with E-state index >= 15 is 0 Å². The van der Waals surface area contributed by atoms with E-state index in [1.807, 2.05) is 18.2 Å². The fourth-order valence-electron chi connectivity index (χ4n) is 1.87. The predicted octanol–water partition coefficient (Wildman–Crippen LogP) is 3.89. The summed E-state index contributed by atoms with van der Waals surface area (Å²) >= 11 is 1.79. The maximum atomic E-state index is 13.0. The monoisotopic (exact) mass is 293 g/mol. The van der Waals surface area contributed by atoms with Crippen LogP contribution >= 0.6 is 11.8 Å². The molecule has 0 saturated carbocycles. The Bertz CT molecular complexity index is 511. The van der Waals surface area contributed by atoms with Crippen molar-refractivity contribution in [3.8, 4) is 0 Å². The zero-order valence-corrected chi connectivity index (χ0v) is 11.9. The van der Waals surface area contributed by atoms with Crippen molar-refractivity contribution in [3.63, 3.8) is 0 Å². The molecule has 0 atom stereocenters. The molecule has 0 fully saturated rings. The first kappa shape index (κ1) is 15.0. The molecule has 2 rings (SSSR count). The van der Waals surface area contributed by atoms with Crippen molar-refractivity contribution in [2.24, 2.45) is 0 Å². The van der Waals surface area contributed by atoms with Crippen LogP contribution in [-0.4, -0.2) is 18.8 Å². The topological polar surface area (TPSA) is 12.0 Å². The molecule has 20 heavy (non-hydrogen) atoms. The van der Waals surface area contributed by atoms with E-state index in [-0.39, 0.29) is 0 Å². The van der Waals surface area contributed by atoms with Crippen molar-refractivity contribution in [3.05, 3.63) is 65.7 Å². The van der Waals surface area contributed by atoms with Crippen LogP contribution in [0.4, 0.5) is 8.78 Å². The van der Waals surface area contributed by atoms with Gasteiger partial charge < -0.3 is 5.32 Å². The Kier molecular flexibility index (Phi) is 6.02. The van der Waals surface area contributed by atoms with E-state index in [1.165, 1.54) is 17.0 Å². The van der Waals surface area contributed by atoms with Crippen LogP contribution in [0.5, 0.6) is 0 Å². The molecule has 1 nitrogen and oxygen atoms in total. The molecule has 0 aliphatic rings. The first-order chi connectivity index (χ1) is 9.74. The van der Waals surface area contributed by atoms with E-state index in [2.05, 4.69) is 17.4 Å². The van der Waals surface area contributed by atoms with Gasteiger partial charge in [-0.2, -0.15) is 0 Å². The third-order valence-corrected chi connectivity index (χ3v) is 3.82. The van der Waals surface area contributed by atoms with Crippen LogP contribution in [0.15, 0.2) is 53.4 Å². The lowest BCUT2D eigenvalue weighted by Crippen LogP contribution is -2.20. The average molecular weight is 293 g/mol. The SMILES string of the molecule is Fc1cc(F)cc(CCNCCSc2ccccc2)c1. The zero-order valence-electron chi connectivity index (χ0n) is 11.1. The van der Waals surface area contributed by atoms with Gasteiger partial charge in [-0.15, -0.1) is 11.8 Å². The van der Waals surface area contributed by atoms with Crippen LogP contribution in [0, 0.1) is 11.6 Å². The second kappa shape index (κ2) is 8.02. The zero-order chi connectivity index (χ0) is 14.2. The molecule has 0 aliphatic carbocycles. The van der Waals surface area contributed by atoms with Crippen LogP contribution in [0.2, 0.25) is 0 Å². The van der Waals surface area contributed by atoms with Gasteiger partial charge in [0.15, 0.2) is 0 Å². The second-order valence-corrected chi connectivity index (χ2v) is 5.61. The predicted molar refractivity (Wildman–Crippen MR) is 80.1 cm³/mol. The molecule has 0 unspecified atom stereocenters. The summed E-state index contributed by atoms with van der Waals surface area (Å²) in [5.41, 5.74) is 0.686. The van der Waals surface area contributed by atoms with Gasteiger partial charge in [0.25, 0.3) is 0 Å². The number of thioether (sulfide) groups is 1. The highest BCUT2D eigenvalue weighted by Crippen LogP contribution is 2.15. The summed E-state index contributed by atoms with van der Waals surface area (Å²) in [4.78, 5) is 1.25. The maximum absolute atomic E-state index is 13.0. The minimum Gasteiger partial charge on any atom is -0.316 e. The lowest BCUT2D eigenvalue weighted by molar-refractivity contribution is 0.578. The van der Waals surface area contributed by atoms with Crippen LogP contribution < -0.4 is 5.32 Å². The maximum Gasteiger partial charge on any atom is 0.126 e. The Balaban J connectivity index is 1.62. The van der Waals surface area contributed by atoms with E-state index in [4.69, 9.17) is 0 Å². The highest BCUT2D eigenvalue weighted by molar-refractivity contribution is 7.99. The largest absolute Gasteiger partial charge is 0.316 e. The first-order valence-electron chi connectivity index (χ1n) is 6.57. The molecule has 2 aromatic carbocycles. The number of hydrogen-bond donors (Lipinski definition) is 1. The fourth-order valence-corrected chi connectivity index (χ4v) is 2.70. The molecule has 0 radical (unpaired) electrons. The van der Waals surface area contributed by atoms with Gasteiger partial charge in [0, 0.05) is 23.3 Å². The summed E-state index contributed by atoms with van der Waals surface area (Å²) in [6.07, 6.45) is 0.630. The number of benzene rings is 2. The van der Waals surface area contributed by atoms with E-state index in [0.717, 1.165) is 24.9 Å². The second-order valence-electron chi connectivity index (χ2n) is 4.44. The summed E-state index contributed by atoms with van der Waals surface area (Å²) in [7, 11) is 0. The highest BCUT2D eigenvalue weighted by Gasteiger charge is 2.00. The summed E-state index contributed by atoms with van der Waals surface area (Å²) in [5.74, 6) is -0.0547. The van der Waals surface area contributed by atoms with E-state index in [0.29, 0.717) is 12.0 Å². The Morgan fingerprint density at radius 1 is 0.900 bits per heavy atom. The average Bonchev–Trinajstić information content (AvgIpc) is 2.43. The van der Waals surface area contributed by atoms with Gasteiger partial charge in [-0.1, -0.05) is 18.2 Å². The fraction of sp³-hybridized carbons (Fsp3) is 0.250. The number of hydrogen-bond acceptors (Lipinski definition) is 2. The Labute approximate surface area is 122 Å². The molecule has 1 N–H and O–H groups in total. The van der Waals surface area contributed by atoms with Gasteiger partial charge in [0.2, 0.25) is 0 Å². The third-order valence-electron chi connectivity index (χ3n) is 2.80. The lowest BCUT2D eigenvalue weighted by Gasteiger charge is -2.05. The smallest absolute Gasteiger partial charge is 0.126 e. The summed E-state index contributed by atoms with van der Waals surface area (Å²) in [6, 6.07) is 13.9. The Morgan fingerprint density at radius 3 is 2.30 bits per heavy atom. The molecule has 0 heterocycles. The Morgan fingerprint density at radius 2 is 1.60 bits per heavy atom. The number of halogens is 2. The molecule has 4 heteroatoms. The third kappa shape index (κ3) is 5.31. The first-order valence-corrected chi connectivity index (χ1v) is 7.56. The van der Waals surface area contributed by atoms with Gasteiger partial charge in [-0.25, -0.2) is 8.78 Å². The summed E-state index contributed by atoms with van der Waals surface area (Å²) < 4.78 is 26.0. The van der Waals surface area contributed by atoms with Crippen LogP contribution in [-0.2, 0) is 6.42 Å².